The van der Waals surface area contributed by atoms with Crippen LogP contribution in [0.1, 0.15) is 31.9 Å². The molecule has 0 fully saturated rings. The van der Waals surface area contributed by atoms with E-state index in [-0.39, 0.29) is 11.3 Å². The maximum Gasteiger partial charge on any atom is 0.537 e. The van der Waals surface area contributed by atoms with Gasteiger partial charge in [-0.2, -0.15) is 4.79 Å². The lowest BCUT2D eigenvalue weighted by molar-refractivity contribution is -0.975. The van der Waals surface area contributed by atoms with Crippen LogP contribution in [-0.2, 0) is 27.4 Å². The van der Waals surface area contributed by atoms with Crippen LogP contribution in [0.2, 0.25) is 0 Å². The fraction of sp³-hybridized carbons (Fsp3) is 0.435. The molecule has 0 aliphatic carbocycles. The Kier molecular flexibility index (Phi) is 6.68. The van der Waals surface area contributed by atoms with E-state index in [1.165, 1.54) is 0 Å². The van der Waals surface area contributed by atoms with E-state index < -0.39 is 31.5 Å². The molecule has 0 radical (unpaired) electrons. The van der Waals surface area contributed by atoms with Crippen LogP contribution in [0.4, 0.5) is 4.79 Å². The number of halogens is 1. The van der Waals surface area contributed by atoms with Crippen molar-refractivity contribution in [2.45, 2.75) is 49.5 Å². The highest BCUT2D eigenvalue weighted by Crippen LogP contribution is 2.35. The standard InChI is InChI=1S/C23H30BrN2O4S/c1-23(2,3)30-22(27)26(25(4)5)15-14-17-8-6-7-9-18(17)16-21(26)31(28,29)20-12-10-19(24)11-13-20/h6-13,21H,14-16H2,1-5H3/q+1. The number of hydrogen-bond acceptors (Lipinski definition) is 5. The van der Waals surface area contributed by atoms with E-state index in [9.17, 15) is 13.2 Å². The number of quaternary nitrogens is 1. The highest BCUT2D eigenvalue weighted by atomic mass is 79.9. The fourth-order valence-electron chi connectivity index (χ4n) is 4.07. The summed E-state index contributed by atoms with van der Waals surface area (Å²) < 4.78 is 34.1. The highest BCUT2D eigenvalue weighted by molar-refractivity contribution is 9.10. The van der Waals surface area contributed by atoms with Gasteiger partial charge in [0.1, 0.15) is 12.1 Å². The minimum Gasteiger partial charge on any atom is -0.413 e. The Hall–Kier alpha value is -1.74. The van der Waals surface area contributed by atoms with Crippen LogP contribution in [0.25, 0.3) is 0 Å². The zero-order valence-electron chi connectivity index (χ0n) is 18.6. The highest BCUT2D eigenvalue weighted by Gasteiger charge is 2.57. The van der Waals surface area contributed by atoms with Gasteiger partial charge < -0.3 is 4.74 Å². The number of nitrogens with zero attached hydrogens (tertiary/aromatic N) is 2. The number of carbonyl (C=O) groups excluding carboxylic acids is 1. The summed E-state index contributed by atoms with van der Waals surface area (Å²) in [6.07, 6.45) is 0.224. The first kappa shape index (κ1) is 23.9. The number of fused-ring (bicyclic) bond motifs is 1. The Balaban J connectivity index is 2.23. The predicted molar refractivity (Wildman–Crippen MR) is 124 cm³/mol. The van der Waals surface area contributed by atoms with E-state index in [1.54, 1.807) is 64.1 Å². The van der Waals surface area contributed by atoms with E-state index in [0.717, 1.165) is 15.6 Å². The summed E-state index contributed by atoms with van der Waals surface area (Å²) in [5, 5.41) is 0.628. The Morgan fingerprint density at radius 2 is 1.65 bits per heavy atom. The summed E-state index contributed by atoms with van der Waals surface area (Å²) in [5.74, 6) is 0. The van der Waals surface area contributed by atoms with Crippen LogP contribution in [-0.4, -0.2) is 55.7 Å². The molecule has 2 aromatic rings. The lowest BCUT2D eigenvalue weighted by atomic mass is 10.0. The number of sulfone groups is 1. The summed E-state index contributed by atoms with van der Waals surface area (Å²) >= 11 is 3.36. The van der Waals surface area contributed by atoms with Crippen molar-refractivity contribution >= 4 is 31.9 Å². The zero-order chi connectivity index (χ0) is 23.0. The van der Waals surface area contributed by atoms with Crippen LogP contribution in [0.15, 0.2) is 57.9 Å². The van der Waals surface area contributed by atoms with Gasteiger partial charge in [-0.1, -0.05) is 40.2 Å². The van der Waals surface area contributed by atoms with Crippen LogP contribution >= 0.6 is 15.9 Å². The molecule has 0 saturated heterocycles. The average molecular weight is 510 g/mol. The number of hydrogen-bond donors (Lipinski definition) is 0. The average Bonchev–Trinajstić information content (AvgIpc) is 2.85. The number of amides is 1. The number of benzene rings is 2. The van der Waals surface area contributed by atoms with Crippen molar-refractivity contribution in [3.05, 3.63) is 64.1 Å². The molecule has 0 spiro atoms. The summed E-state index contributed by atoms with van der Waals surface area (Å²) in [7, 11) is -0.409. The van der Waals surface area contributed by atoms with Gasteiger partial charge in [0.05, 0.1) is 4.90 Å². The van der Waals surface area contributed by atoms with Crippen LogP contribution in [0, 0.1) is 0 Å². The van der Waals surface area contributed by atoms with Crippen molar-refractivity contribution in [3.63, 3.8) is 0 Å². The third kappa shape index (κ3) is 4.72. The SMILES string of the molecule is CN(C)[N+]1(C(=O)OC(C)(C)C)CCc2ccccc2CC1S(=O)(=O)c1ccc(Br)cc1. The van der Waals surface area contributed by atoms with Crippen LogP contribution < -0.4 is 0 Å². The van der Waals surface area contributed by atoms with E-state index in [2.05, 4.69) is 15.9 Å². The summed E-state index contributed by atoms with van der Waals surface area (Å²) in [4.78, 5) is 13.8. The molecule has 3 rings (SSSR count). The first-order chi connectivity index (χ1) is 14.4. The molecule has 1 amide bonds. The van der Waals surface area contributed by atoms with E-state index in [4.69, 9.17) is 4.74 Å². The predicted octanol–water partition coefficient (Wildman–Crippen LogP) is 4.58. The van der Waals surface area contributed by atoms with E-state index in [1.807, 2.05) is 24.3 Å². The van der Waals surface area contributed by atoms with Crippen molar-refractivity contribution in [2.75, 3.05) is 20.6 Å². The molecule has 6 nitrogen and oxygen atoms in total. The van der Waals surface area contributed by atoms with Crippen LogP contribution in [0.5, 0.6) is 0 Å². The molecular weight excluding hydrogens is 480 g/mol. The Bertz CT molecular complexity index is 1060. The van der Waals surface area contributed by atoms with Crippen molar-refractivity contribution in [1.29, 1.82) is 0 Å². The molecule has 8 heteroatoms. The minimum atomic E-state index is -3.89. The van der Waals surface area contributed by atoms with E-state index >= 15 is 0 Å². The van der Waals surface area contributed by atoms with Gasteiger partial charge >= 0.3 is 6.09 Å². The number of rotatable bonds is 3. The number of ether oxygens (including phenoxy) is 1. The van der Waals surface area contributed by atoms with Gasteiger partial charge in [-0.05, 0) is 56.2 Å². The first-order valence-corrected chi connectivity index (χ1v) is 12.6. The van der Waals surface area contributed by atoms with Gasteiger partial charge in [-0.15, -0.1) is 9.60 Å². The van der Waals surface area contributed by atoms with Crippen molar-refractivity contribution in [3.8, 4) is 0 Å². The van der Waals surface area contributed by atoms with Gasteiger partial charge in [0.25, 0.3) is 0 Å². The van der Waals surface area contributed by atoms with E-state index in [0.29, 0.717) is 13.0 Å². The zero-order valence-corrected chi connectivity index (χ0v) is 21.0. The molecule has 2 atom stereocenters. The summed E-state index contributed by atoms with van der Waals surface area (Å²) in [6.45, 7) is 5.67. The molecule has 0 N–H and O–H groups in total. The lowest BCUT2D eigenvalue weighted by Gasteiger charge is -2.43. The fourth-order valence-corrected chi connectivity index (χ4v) is 6.40. The second kappa shape index (κ2) is 8.65. The molecule has 2 unspecified atom stereocenters. The molecule has 0 saturated carbocycles. The second-order valence-corrected chi connectivity index (χ2v) is 12.1. The molecule has 1 aliphatic heterocycles. The van der Waals surface area contributed by atoms with Crippen molar-refractivity contribution in [1.82, 2.24) is 5.01 Å². The molecular formula is C23H30BrN2O4S+. The normalized spacial score (nSPS) is 22.0. The van der Waals surface area contributed by atoms with Gasteiger partial charge in [-0.3, -0.25) is 0 Å². The first-order valence-electron chi connectivity index (χ1n) is 10.2. The monoisotopic (exact) mass is 509 g/mol. The van der Waals surface area contributed by atoms with Gasteiger partial charge in [0, 0.05) is 31.4 Å². The quantitative estimate of drug-likeness (QED) is 0.566. The van der Waals surface area contributed by atoms with Gasteiger partial charge in [-0.25, -0.2) is 8.42 Å². The molecule has 0 bridgehead atoms. The van der Waals surface area contributed by atoms with Crippen molar-refractivity contribution < 1.29 is 22.5 Å². The third-order valence-corrected chi connectivity index (χ3v) is 8.32. The molecule has 0 aromatic heterocycles. The molecule has 168 valence electrons. The van der Waals surface area contributed by atoms with Crippen molar-refractivity contribution in [2.24, 2.45) is 0 Å². The molecule has 31 heavy (non-hydrogen) atoms. The summed E-state index contributed by atoms with van der Waals surface area (Å²) in [5.41, 5.74) is 1.26. The molecule has 2 aromatic carbocycles. The number of carbonyl (C=O) groups is 1. The van der Waals surface area contributed by atoms with Gasteiger partial charge in [0.15, 0.2) is 0 Å². The Morgan fingerprint density at radius 1 is 1.06 bits per heavy atom. The third-order valence-electron chi connectivity index (χ3n) is 5.64. The van der Waals surface area contributed by atoms with Gasteiger partial charge in [0.2, 0.25) is 15.2 Å². The van der Waals surface area contributed by atoms with Crippen LogP contribution in [0.3, 0.4) is 0 Å². The maximum absolute atomic E-state index is 14.0. The molecule has 1 heterocycles. The Morgan fingerprint density at radius 3 is 2.19 bits per heavy atom. The smallest absolute Gasteiger partial charge is 0.413 e. The lowest BCUT2D eigenvalue weighted by Crippen LogP contribution is -2.69. The second-order valence-electron chi connectivity index (χ2n) is 9.05. The maximum atomic E-state index is 14.0. The Labute approximate surface area is 193 Å². The topological polar surface area (TPSA) is 63.7 Å². The molecule has 1 aliphatic rings. The summed E-state index contributed by atoms with van der Waals surface area (Å²) in [6, 6.07) is 14.4. The largest absolute Gasteiger partial charge is 0.537 e. The minimum absolute atomic E-state index is 0.188.